The number of hydrogen-bond donors (Lipinski definition) is 2. The normalized spacial score (nSPS) is 18.2. The fourth-order valence-corrected chi connectivity index (χ4v) is 3.35. The zero-order chi connectivity index (χ0) is 17.7. The Hall–Kier alpha value is -1.83. The van der Waals surface area contributed by atoms with Crippen molar-refractivity contribution in [3.63, 3.8) is 0 Å². The predicted molar refractivity (Wildman–Crippen MR) is 99.6 cm³/mol. The van der Waals surface area contributed by atoms with E-state index in [0.717, 1.165) is 36.3 Å². The van der Waals surface area contributed by atoms with E-state index in [2.05, 4.69) is 20.6 Å². The molecule has 1 atom stereocenters. The SMILES string of the molecule is CN=C(NCc1csc(N(C)C)n1)NC1CCN(C(=O)C(C)C)C1. The molecule has 1 aliphatic heterocycles. The molecule has 7 nitrogen and oxygen atoms in total. The average Bonchev–Trinajstić information content (AvgIpc) is 3.19. The van der Waals surface area contributed by atoms with Gasteiger partial charge in [-0.05, 0) is 6.42 Å². The highest BCUT2D eigenvalue weighted by Gasteiger charge is 2.27. The summed E-state index contributed by atoms with van der Waals surface area (Å²) in [5, 5.41) is 9.74. The Kier molecular flexibility index (Phi) is 6.42. The van der Waals surface area contributed by atoms with Gasteiger partial charge in [-0.25, -0.2) is 4.98 Å². The van der Waals surface area contributed by atoms with Crippen LogP contribution in [0.5, 0.6) is 0 Å². The number of anilines is 1. The van der Waals surface area contributed by atoms with E-state index in [1.54, 1.807) is 18.4 Å². The molecule has 2 rings (SSSR count). The third kappa shape index (κ3) is 4.83. The zero-order valence-corrected chi connectivity index (χ0v) is 16.0. The van der Waals surface area contributed by atoms with Crippen LogP contribution >= 0.6 is 11.3 Å². The highest BCUT2D eigenvalue weighted by Crippen LogP contribution is 2.17. The van der Waals surface area contributed by atoms with E-state index in [-0.39, 0.29) is 17.9 Å². The minimum absolute atomic E-state index is 0.0525. The van der Waals surface area contributed by atoms with Crippen molar-refractivity contribution in [3.05, 3.63) is 11.1 Å². The minimum Gasteiger partial charge on any atom is -0.354 e. The Morgan fingerprint density at radius 2 is 2.29 bits per heavy atom. The molecule has 0 spiro atoms. The maximum atomic E-state index is 12.1. The summed E-state index contributed by atoms with van der Waals surface area (Å²) < 4.78 is 0. The van der Waals surface area contributed by atoms with Crippen LogP contribution in [0.25, 0.3) is 0 Å². The molecule has 0 aromatic carbocycles. The molecule has 0 saturated carbocycles. The van der Waals surface area contributed by atoms with Crippen molar-refractivity contribution in [2.24, 2.45) is 10.9 Å². The first-order valence-electron chi connectivity index (χ1n) is 8.28. The van der Waals surface area contributed by atoms with Crippen molar-refractivity contribution >= 4 is 28.3 Å². The molecule has 1 saturated heterocycles. The first-order valence-corrected chi connectivity index (χ1v) is 9.16. The predicted octanol–water partition coefficient (Wildman–Crippen LogP) is 1.13. The third-order valence-corrected chi connectivity index (χ3v) is 4.97. The van der Waals surface area contributed by atoms with Crippen molar-refractivity contribution in [3.8, 4) is 0 Å². The molecule has 1 unspecified atom stereocenters. The first kappa shape index (κ1) is 18.5. The van der Waals surface area contributed by atoms with Crippen molar-refractivity contribution in [1.82, 2.24) is 20.5 Å². The molecule has 2 heterocycles. The molecule has 0 radical (unpaired) electrons. The molecule has 1 amide bonds. The van der Waals surface area contributed by atoms with E-state index >= 15 is 0 Å². The number of carbonyl (C=O) groups is 1. The summed E-state index contributed by atoms with van der Waals surface area (Å²) in [6, 6.07) is 0.242. The number of aliphatic imine (C=N–C) groups is 1. The van der Waals surface area contributed by atoms with Gasteiger partial charge in [0.2, 0.25) is 5.91 Å². The standard InChI is InChI=1S/C16H28N6OS/c1-11(2)14(23)22-7-6-12(9-22)19-15(17-3)18-8-13-10-24-16(20-13)21(4)5/h10-12H,6-9H2,1-5H3,(H2,17,18,19). The van der Waals surface area contributed by atoms with Gasteiger partial charge in [-0.1, -0.05) is 13.8 Å². The van der Waals surface area contributed by atoms with Crippen molar-refractivity contribution < 1.29 is 4.79 Å². The molecule has 24 heavy (non-hydrogen) atoms. The average molecular weight is 353 g/mol. The van der Waals surface area contributed by atoms with Crippen molar-refractivity contribution in [2.45, 2.75) is 32.9 Å². The van der Waals surface area contributed by atoms with Gasteiger partial charge in [0.15, 0.2) is 11.1 Å². The minimum atomic E-state index is 0.0525. The Labute approximate surface area is 148 Å². The van der Waals surface area contributed by atoms with Crippen LogP contribution in [0.1, 0.15) is 26.0 Å². The maximum Gasteiger partial charge on any atom is 0.225 e. The van der Waals surface area contributed by atoms with Crippen LogP contribution < -0.4 is 15.5 Å². The first-order chi connectivity index (χ1) is 11.4. The molecule has 2 N–H and O–H groups in total. The van der Waals surface area contributed by atoms with Gasteiger partial charge >= 0.3 is 0 Å². The number of nitrogens with zero attached hydrogens (tertiary/aromatic N) is 4. The number of rotatable bonds is 5. The lowest BCUT2D eigenvalue weighted by Gasteiger charge is -2.20. The van der Waals surface area contributed by atoms with E-state index in [4.69, 9.17) is 0 Å². The lowest BCUT2D eigenvalue weighted by molar-refractivity contribution is -0.133. The Bertz CT molecular complexity index is 583. The number of amides is 1. The number of aromatic nitrogens is 1. The summed E-state index contributed by atoms with van der Waals surface area (Å²) in [6.45, 7) is 6.06. The molecule has 1 aromatic heterocycles. The van der Waals surface area contributed by atoms with E-state index in [1.165, 1.54) is 0 Å². The second-order valence-electron chi connectivity index (χ2n) is 6.51. The molecule has 0 aliphatic carbocycles. The van der Waals surface area contributed by atoms with Crippen LogP contribution in [-0.4, -0.2) is 62.0 Å². The number of hydrogen-bond acceptors (Lipinski definition) is 5. The second-order valence-corrected chi connectivity index (χ2v) is 7.35. The van der Waals surface area contributed by atoms with E-state index < -0.39 is 0 Å². The molecule has 8 heteroatoms. The van der Waals surface area contributed by atoms with Crippen LogP contribution in [0.4, 0.5) is 5.13 Å². The summed E-state index contributed by atoms with van der Waals surface area (Å²) >= 11 is 1.63. The monoisotopic (exact) mass is 352 g/mol. The number of carbonyl (C=O) groups excluding carboxylic acids is 1. The van der Waals surface area contributed by atoms with E-state index in [0.29, 0.717) is 6.54 Å². The van der Waals surface area contributed by atoms with Crippen LogP contribution in [0.3, 0.4) is 0 Å². The van der Waals surface area contributed by atoms with Gasteiger partial charge in [0, 0.05) is 51.6 Å². The Morgan fingerprint density at radius 1 is 1.54 bits per heavy atom. The maximum absolute atomic E-state index is 12.1. The Morgan fingerprint density at radius 3 is 2.88 bits per heavy atom. The van der Waals surface area contributed by atoms with Gasteiger partial charge in [0.25, 0.3) is 0 Å². The Balaban J connectivity index is 1.81. The third-order valence-electron chi connectivity index (χ3n) is 3.92. The molecule has 1 aliphatic rings. The summed E-state index contributed by atoms with van der Waals surface area (Å²) in [5.41, 5.74) is 0.995. The second kappa shape index (κ2) is 8.32. The molecule has 1 aromatic rings. The highest BCUT2D eigenvalue weighted by molar-refractivity contribution is 7.13. The van der Waals surface area contributed by atoms with Crippen LogP contribution in [-0.2, 0) is 11.3 Å². The van der Waals surface area contributed by atoms with Crippen LogP contribution in [0, 0.1) is 5.92 Å². The quantitative estimate of drug-likeness (QED) is 0.614. The van der Waals surface area contributed by atoms with Gasteiger partial charge in [0.1, 0.15) is 0 Å². The fraction of sp³-hybridized carbons (Fsp3) is 0.688. The topological polar surface area (TPSA) is 72.9 Å². The highest BCUT2D eigenvalue weighted by atomic mass is 32.1. The number of nitrogens with one attached hydrogen (secondary N) is 2. The van der Waals surface area contributed by atoms with E-state index in [1.807, 2.05) is 43.1 Å². The number of likely N-dealkylation sites (tertiary alicyclic amines) is 1. The van der Waals surface area contributed by atoms with Gasteiger partial charge in [0.05, 0.1) is 12.2 Å². The lowest BCUT2D eigenvalue weighted by Crippen LogP contribution is -2.45. The molecular formula is C16H28N6OS. The summed E-state index contributed by atoms with van der Waals surface area (Å²) in [5.74, 6) is 1.02. The van der Waals surface area contributed by atoms with Crippen LogP contribution in [0.2, 0.25) is 0 Å². The molecule has 0 bridgehead atoms. The van der Waals surface area contributed by atoms with Gasteiger partial charge < -0.3 is 20.4 Å². The van der Waals surface area contributed by atoms with Gasteiger partial charge in [-0.3, -0.25) is 9.79 Å². The summed E-state index contributed by atoms with van der Waals surface area (Å²) in [6.07, 6.45) is 0.945. The van der Waals surface area contributed by atoms with Gasteiger partial charge in [-0.2, -0.15) is 0 Å². The molecule has 134 valence electrons. The summed E-state index contributed by atoms with van der Waals surface area (Å²) in [4.78, 5) is 24.8. The molecular weight excluding hydrogens is 324 g/mol. The van der Waals surface area contributed by atoms with Crippen molar-refractivity contribution in [2.75, 3.05) is 39.1 Å². The fourth-order valence-electron chi connectivity index (χ4n) is 2.59. The van der Waals surface area contributed by atoms with Crippen LogP contribution in [0.15, 0.2) is 10.4 Å². The zero-order valence-electron chi connectivity index (χ0n) is 15.2. The van der Waals surface area contributed by atoms with Gasteiger partial charge in [-0.15, -0.1) is 11.3 Å². The lowest BCUT2D eigenvalue weighted by atomic mass is 10.2. The van der Waals surface area contributed by atoms with E-state index in [9.17, 15) is 4.79 Å². The smallest absolute Gasteiger partial charge is 0.225 e. The van der Waals surface area contributed by atoms with Crippen molar-refractivity contribution in [1.29, 1.82) is 0 Å². The summed E-state index contributed by atoms with van der Waals surface area (Å²) in [7, 11) is 5.73. The number of thiazole rings is 1. The number of guanidine groups is 1. The largest absolute Gasteiger partial charge is 0.354 e. The molecule has 1 fully saturated rings.